The quantitative estimate of drug-likeness (QED) is 0.216. The average Bonchev–Trinajstić information content (AvgIpc) is 3.08. The van der Waals surface area contributed by atoms with Crippen LogP contribution in [-0.2, 0) is 4.79 Å². The molecule has 0 radical (unpaired) electrons. The van der Waals surface area contributed by atoms with E-state index in [1.54, 1.807) is 0 Å². The van der Waals surface area contributed by atoms with Gasteiger partial charge in [-0.1, -0.05) is 48.5 Å². The molecule has 2 aliphatic rings. The summed E-state index contributed by atoms with van der Waals surface area (Å²) in [6, 6.07) is 21.8. The second-order valence-electron chi connectivity index (χ2n) is 12.2. The molecular formula is C37H37N3O5. The lowest BCUT2D eigenvalue weighted by atomic mass is 9.85. The Balaban J connectivity index is 1.50. The molecule has 4 heterocycles. The summed E-state index contributed by atoms with van der Waals surface area (Å²) in [5.41, 5.74) is 2.28. The molecule has 3 aromatic carbocycles. The maximum atomic E-state index is 14.0. The molecule has 45 heavy (non-hydrogen) atoms. The monoisotopic (exact) mass is 603 g/mol. The zero-order valence-electron chi connectivity index (χ0n) is 25.2. The number of likely N-dealkylation sites (tertiary alicyclic amines) is 1. The number of para-hydroxylation sites is 1. The molecule has 2 aromatic heterocycles. The van der Waals surface area contributed by atoms with Gasteiger partial charge in [-0.2, -0.15) is 0 Å². The van der Waals surface area contributed by atoms with Crippen molar-refractivity contribution < 1.29 is 19.4 Å². The first kappa shape index (κ1) is 28.9. The summed E-state index contributed by atoms with van der Waals surface area (Å²) < 4.78 is 6.44. The number of phenols is 2. The van der Waals surface area contributed by atoms with Crippen LogP contribution < -0.4 is 10.3 Å². The Bertz CT molecular complexity index is 1920. The molecular weight excluding hydrogens is 566 g/mol. The Morgan fingerprint density at radius 2 is 1.51 bits per heavy atom. The summed E-state index contributed by atoms with van der Waals surface area (Å²) >= 11 is 0. The lowest BCUT2D eigenvalue weighted by molar-refractivity contribution is -0.132. The minimum atomic E-state index is -0.703. The van der Waals surface area contributed by atoms with Crippen LogP contribution >= 0.6 is 0 Å². The Morgan fingerprint density at radius 3 is 2.27 bits per heavy atom. The Hall–Kier alpha value is -4.85. The van der Waals surface area contributed by atoms with Crippen molar-refractivity contribution in [1.82, 2.24) is 9.88 Å². The van der Waals surface area contributed by atoms with Gasteiger partial charge in [0.1, 0.15) is 34.0 Å². The number of benzene rings is 3. The van der Waals surface area contributed by atoms with Gasteiger partial charge in [-0.3, -0.25) is 9.59 Å². The zero-order valence-corrected chi connectivity index (χ0v) is 25.2. The molecule has 5 aromatic rings. The Labute approximate surface area is 261 Å². The van der Waals surface area contributed by atoms with Crippen LogP contribution in [0, 0.1) is 0 Å². The number of fused-ring (bicyclic) bond motifs is 2. The lowest BCUT2D eigenvalue weighted by Crippen LogP contribution is -2.37. The van der Waals surface area contributed by atoms with Crippen molar-refractivity contribution in [2.24, 2.45) is 0 Å². The van der Waals surface area contributed by atoms with Gasteiger partial charge in [-0.15, -0.1) is 0 Å². The maximum absolute atomic E-state index is 14.0. The highest BCUT2D eigenvalue weighted by Gasteiger charge is 2.33. The third kappa shape index (κ3) is 5.61. The first-order valence-electron chi connectivity index (χ1n) is 16.0. The minimum Gasteiger partial charge on any atom is -0.507 e. The van der Waals surface area contributed by atoms with Crippen molar-refractivity contribution in [3.63, 3.8) is 0 Å². The largest absolute Gasteiger partial charge is 0.507 e. The molecule has 230 valence electrons. The van der Waals surface area contributed by atoms with Crippen molar-refractivity contribution in [1.29, 1.82) is 0 Å². The van der Waals surface area contributed by atoms with Crippen LogP contribution in [0.15, 0.2) is 82.0 Å². The molecule has 1 amide bonds. The highest BCUT2D eigenvalue weighted by Crippen LogP contribution is 2.46. The first-order chi connectivity index (χ1) is 22.0. The fourth-order valence-electron chi connectivity index (χ4n) is 6.96. The summed E-state index contributed by atoms with van der Waals surface area (Å²) in [6.07, 6.45) is 6.27. The molecule has 8 heteroatoms. The molecule has 0 bridgehead atoms. The summed E-state index contributed by atoms with van der Waals surface area (Å²) in [4.78, 5) is 36.9. The second kappa shape index (κ2) is 12.3. The molecule has 7 rings (SSSR count). The molecule has 0 spiro atoms. The van der Waals surface area contributed by atoms with Gasteiger partial charge in [0, 0.05) is 72.7 Å². The fraction of sp³-hybridized carbons (Fsp3) is 0.324. The van der Waals surface area contributed by atoms with Crippen molar-refractivity contribution in [2.75, 3.05) is 31.1 Å². The molecule has 0 saturated carbocycles. The van der Waals surface area contributed by atoms with Crippen LogP contribution in [0.3, 0.4) is 0 Å². The number of hydrogen-bond donors (Lipinski definition) is 2. The van der Waals surface area contributed by atoms with Gasteiger partial charge in [0.2, 0.25) is 5.91 Å². The van der Waals surface area contributed by atoms with Gasteiger partial charge >= 0.3 is 0 Å². The van der Waals surface area contributed by atoms with Crippen molar-refractivity contribution in [2.45, 2.75) is 50.9 Å². The number of piperidine rings is 2. The third-order valence-corrected chi connectivity index (χ3v) is 9.26. The number of rotatable bonds is 6. The topological polar surface area (TPSA) is 107 Å². The van der Waals surface area contributed by atoms with Gasteiger partial charge in [-0.25, -0.2) is 4.98 Å². The van der Waals surface area contributed by atoms with E-state index >= 15 is 0 Å². The van der Waals surface area contributed by atoms with Crippen LogP contribution in [0.2, 0.25) is 0 Å². The SMILES string of the molecule is O=C(C[C@@H](c1cc2ccccc2nc1N1CCCCC1)c1c(O)cc(O)c2c(=O)cc(-c3ccccc3)oc12)N1CCCCC1. The van der Waals surface area contributed by atoms with E-state index < -0.39 is 11.3 Å². The summed E-state index contributed by atoms with van der Waals surface area (Å²) in [5.74, 6) is -0.248. The van der Waals surface area contributed by atoms with Gasteiger partial charge in [-0.05, 0) is 50.7 Å². The fourth-order valence-corrected chi connectivity index (χ4v) is 6.96. The van der Waals surface area contributed by atoms with Crippen molar-refractivity contribution in [3.8, 4) is 22.8 Å². The molecule has 2 aliphatic heterocycles. The normalized spacial score (nSPS) is 16.3. The van der Waals surface area contributed by atoms with E-state index in [9.17, 15) is 19.8 Å². The van der Waals surface area contributed by atoms with E-state index in [1.165, 1.54) is 12.1 Å². The molecule has 1 atom stereocenters. The van der Waals surface area contributed by atoms with Crippen LogP contribution in [0.25, 0.3) is 33.2 Å². The summed E-state index contributed by atoms with van der Waals surface area (Å²) in [5, 5.41) is 23.5. The molecule has 2 saturated heterocycles. The average molecular weight is 604 g/mol. The van der Waals surface area contributed by atoms with E-state index in [0.29, 0.717) is 30.0 Å². The van der Waals surface area contributed by atoms with E-state index in [2.05, 4.69) is 11.0 Å². The highest BCUT2D eigenvalue weighted by atomic mass is 16.3. The number of amides is 1. The summed E-state index contributed by atoms with van der Waals surface area (Å²) in [6.45, 7) is 3.05. The van der Waals surface area contributed by atoms with Crippen LogP contribution in [0.5, 0.6) is 11.5 Å². The molecule has 0 unspecified atom stereocenters. The number of nitrogens with zero attached hydrogens (tertiary/aromatic N) is 3. The number of aromatic nitrogens is 1. The van der Waals surface area contributed by atoms with E-state index in [4.69, 9.17) is 9.40 Å². The molecule has 8 nitrogen and oxygen atoms in total. The number of phenolic OH excluding ortho intramolecular Hbond substituents is 2. The predicted molar refractivity (Wildman–Crippen MR) is 176 cm³/mol. The predicted octanol–water partition coefficient (Wildman–Crippen LogP) is 6.94. The zero-order chi connectivity index (χ0) is 30.9. The lowest BCUT2D eigenvalue weighted by Gasteiger charge is -2.33. The number of aromatic hydroxyl groups is 2. The standard InChI is InChI=1S/C37H37N3O5/c41-29-22-30(42)35-31(43)23-32(24-12-4-1-5-13-24)45-36(35)34(29)26(21-33(44)39-16-8-2-9-17-39)27-20-25-14-6-7-15-28(25)38-37(27)40-18-10-3-11-19-40/h1,4-7,12-15,20,22-23,26,41-42H,2-3,8-11,16-19,21H2/t26-/m0/s1. The van der Waals surface area contributed by atoms with Crippen molar-refractivity contribution in [3.05, 3.63) is 94.1 Å². The first-order valence-corrected chi connectivity index (χ1v) is 16.0. The highest BCUT2D eigenvalue weighted by molar-refractivity contribution is 5.92. The Kier molecular flexibility index (Phi) is 7.88. The third-order valence-electron chi connectivity index (χ3n) is 9.26. The number of carbonyl (C=O) groups is 1. The maximum Gasteiger partial charge on any atom is 0.223 e. The second-order valence-corrected chi connectivity index (χ2v) is 12.2. The van der Waals surface area contributed by atoms with E-state index in [-0.39, 0.29) is 34.8 Å². The van der Waals surface area contributed by atoms with Crippen molar-refractivity contribution >= 4 is 33.6 Å². The van der Waals surface area contributed by atoms with Gasteiger partial charge in [0.25, 0.3) is 0 Å². The number of hydrogen-bond acceptors (Lipinski definition) is 7. The van der Waals surface area contributed by atoms with E-state index in [1.807, 2.05) is 59.5 Å². The number of carbonyl (C=O) groups excluding carboxylic acids is 1. The molecule has 2 fully saturated rings. The smallest absolute Gasteiger partial charge is 0.223 e. The van der Waals surface area contributed by atoms with Gasteiger partial charge in [0.15, 0.2) is 5.43 Å². The van der Waals surface area contributed by atoms with Crippen LogP contribution in [0.1, 0.15) is 62.0 Å². The van der Waals surface area contributed by atoms with Crippen LogP contribution in [-0.4, -0.2) is 52.2 Å². The van der Waals surface area contributed by atoms with Crippen LogP contribution in [0.4, 0.5) is 5.82 Å². The van der Waals surface area contributed by atoms with Gasteiger partial charge in [0.05, 0.1) is 5.52 Å². The Morgan fingerprint density at radius 1 is 0.822 bits per heavy atom. The minimum absolute atomic E-state index is 0.0221. The number of pyridine rings is 1. The van der Waals surface area contributed by atoms with E-state index in [0.717, 1.165) is 73.9 Å². The summed E-state index contributed by atoms with van der Waals surface area (Å²) in [7, 11) is 0. The molecule has 0 aliphatic carbocycles. The number of anilines is 1. The molecule has 2 N–H and O–H groups in total. The van der Waals surface area contributed by atoms with Gasteiger partial charge < -0.3 is 24.4 Å².